The van der Waals surface area contributed by atoms with E-state index in [2.05, 4.69) is 32.6 Å². The number of nitrogens with zero attached hydrogens (tertiary/aromatic N) is 4. The molecule has 0 saturated heterocycles. The molecule has 3 N–H and O–H groups in total. The summed E-state index contributed by atoms with van der Waals surface area (Å²) in [6, 6.07) is 7.42. The molecule has 3 rings (SSSR count). The van der Waals surface area contributed by atoms with Crippen molar-refractivity contribution in [3.63, 3.8) is 0 Å². The van der Waals surface area contributed by atoms with E-state index in [-0.39, 0.29) is 12.6 Å². The van der Waals surface area contributed by atoms with Crippen molar-refractivity contribution in [1.82, 2.24) is 25.4 Å². The number of halogens is 1. The monoisotopic (exact) mass is 390 g/mol. The Balaban J connectivity index is 1.61. The number of guanidine groups is 1. The van der Waals surface area contributed by atoms with E-state index in [0.717, 1.165) is 49.6 Å². The number of hydrogen-bond acceptors (Lipinski definition) is 4. The number of fused-ring (bicyclic) bond motifs is 1. The first kappa shape index (κ1) is 19.6. The lowest BCUT2D eigenvalue weighted by molar-refractivity contribution is 0.187. The summed E-state index contributed by atoms with van der Waals surface area (Å²) in [4.78, 5) is 9.10. The number of aliphatic hydroxyl groups excluding tert-OH is 1. The molecule has 1 aliphatic heterocycles. The average molecular weight is 391 g/mol. The molecule has 0 bridgehead atoms. The van der Waals surface area contributed by atoms with E-state index >= 15 is 0 Å². The molecule has 0 radical (unpaired) electrons. The number of benzene rings is 1. The minimum absolute atomic E-state index is 0.231. The van der Waals surface area contributed by atoms with Gasteiger partial charge in [-0.15, -0.1) is 0 Å². The molecule has 2 atom stereocenters. The largest absolute Gasteiger partial charge is 0.386 e. The van der Waals surface area contributed by atoms with E-state index in [1.54, 1.807) is 12.1 Å². The van der Waals surface area contributed by atoms with Gasteiger partial charge in [0.1, 0.15) is 5.82 Å². The minimum atomic E-state index is -0.668. The van der Waals surface area contributed by atoms with Crippen LogP contribution in [0.4, 0.5) is 0 Å². The zero-order chi connectivity index (χ0) is 19.2. The normalized spacial score (nSPS) is 18.1. The second-order valence-electron chi connectivity index (χ2n) is 6.65. The van der Waals surface area contributed by atoms with E-state index in [1.165, 1.54) is 0 Å². The van der Waals surface area contributed by atoms with Crippen molar-refractivity contribution in [2.75, 3.05) is 13.1 Å². The standard InChI is InChI=1S/C19H27ClN6O/c1-3-17-24-18-10-9-15(12-26(18)25-17)23-19(21-4-2)22-11-16(27)13-5-7-14(20)8-6-13/h5-8,15-16,27H,3-4,9-12H2,1-2H3,(H2,21,22,23). The molecule has 146 valence electrons. The Morgan fingerprint density at radius 1 is 1.37 bits per heavy atom. The Morgan fingerprint density at radius 3 is 2.85 bits per heavy atom. The third-order valence-corrected chi connectivity index (χ3v) is 4.83. The van der Waals surface area contributed by atoms with Crippen LogP contribution in [0.1, 0.15) is 43.6 Å². The lowest BCUT2D eigenvalue weighted by atomic mass is 10.1. The predicted octanol–water partition coefficient (Wildman–Crippen LogP) is 2.10. The number of nitrogens with one attached hydrogen (secondary N) is 2. The molecule has 2 unspecified atom stereocenters. The smallest absolute Gasteiger partial charge is 0.191 e. The SMILES string of the molecule is CCNC(=NCC(O)c1ccc(Cl)cc1)NC1CCc2nc(CC)nn2C1. The van der Waals surface area contributed by atoms with Crippen LogP contribution >= 0.6 is 11.6 Å². The minimum Gasteiger partial charge on any atom is -0.386 e. The number of rotatable bonds is 6. The number of aryl methyl sites for hydroxylation is 2. The fraction of sp³-hybridized carbons (Fsp3) is 0.526. The van der Waals surface area contributed by atoms with Crippen LogP contribution in [0, 0.1) is 0 Å². The van der Waals surface area contributed by atoms with Gasteiger partial charge >= 0.3 is 0 Å². The van der Waals surface area contributed by atoms with Gasteiger partial charge in [-0.2, -0.15) is 5.10 Å². The quantitative estimate of drug-likeness (QED) is 0.519. The summed E-state index contributed by atoms with van der Waals surface area (Å²) in [6.45, 7) is 5.89. The summed E-state index contributed by atoms with van der Waals surface area (Å²) in [5.41, 5.74) is 0.802. The first-order chi connectivity index (χ1) is 13.1. The number of aliphatic hydroxyl groups is 1. The maximum Gasteiger partial charge on any atom is 0.191 e. The number of hydrogen-bond donors (Lipinski definition) is 3. The summed E-state index contributed by atoms with van der Waals surface area (Å²) in [5, 5.41) is 22.3. The van der Waals surface area contributed by atoms with Gasteiger partial charge in [0.15, 0.2) is 11.8 Å². The van der Waals surface area contributed by atoms with Crippen molar-refractivity contribution in [2.45, 2.75) is 51.8 Å². The lowest BCUT2D eigenvalue weighted by Crippen LogP contribution is -2.47. The van der Waals surface area contributed by atoms with Gasteiger partial charge in [0.05, 0.1) is 19.2 Å². The summed E-state index contributed by atoms with van der Waals surface area (Å²) in [5.74, 6) is 2.66. The Bertz CT molecular complexity index is 773. The maximum absolute atomic E-state index is 10.4. The third-order valence-electron chi connectivity index (χ3n) is 4.58. The third kappa shape index (κ3) is 5.20. The van der Waals surface area contributed by atoms with Gasteiger partial charge in [0.2, 0.25) is 0 Å². The summed E-state index contributed by atoms with van der Waals surface area (Å²) in [6.07, 6.45) is 2.06. The molecule has 2 heterocycles. The average Bonchev–Trinajstić information content (AvgIpc) is 3.09. The molecule has 1 aliphatic rings. The molecular formula is C19H27ClN6O. The number of aliphatic imine (C=N–C) groups is 1. The molecule has 1 aromatic heterocycles. The zero-order valence-electron chi connectivity index (χ0n) is 15.8. The van der Waals surface area contributed by atoms with Crippen LogP contribution in [0.2, 0.25) is 5.02 Å². The van der Waals surface area contributed by atoms with Gasteiger partial charge in [-0.1, -0.05) is 30.7 Å². The van der Waals surface area contributed by atoms with Crippen LogP contribution in [0.5, 0.6) is 0 Å². The van der Waals surface area contributed by atoms with Crippen LogP contribution in [-0.4, -0.2) is 45.0 Å². The molecule has 8 heteroatoms. The van der Waals surface area contributed by atoms with Gasteiger partial charge in [0, 0.05) is 30.5 Å². The van der Waals surface area contributed by atoms with Gasteiger partial charge < -0.3 is 15.7 Å². The van der Waals surface area contributed by atoms with E-state index in [1.807, 2.05) is 23.7 Å². The highest BCUT2D eigenvalue weighted by Gasteiger charge is 2.22. The molecule has 27 heavy (non-hydrogen) atoms. The zero-order valence-corrected chi connectivity index (χ0v) is 16.6. The molecule has 1 aromatic carbocycles. The van der Waals surface area contributed by atoms with Crippen molar-refractivity contribution in [1.29, 1.82) is 0 Å². The highest BCUT2D eigenvalue weighted by Crippen LogP contribution is 2.17. The molecule has 0 aliphatic carbocycles. The summed E-state index contributed by atoms with van der Waals surface area (Å²) < 4.78 is 1.99. The first-order valence-corrected chi connectivity index (χ1v) is 9.87. The molecule has 0 spiro atoms. The Labute approximate surface area is 164 Å². The van der Waals surface area contributed by atoms with E-state index < -0.39 is 6.10 Å². The molecule has 7 nitrogen and oxygen atoms in total. The van der Waals surface area contributed by atoms with Crippen LogP contribution in [0.3, 0.4) is 0 Å². The second-order valence-corrected chi connectivity index (χ2v) is 7.08. The Kier molecular flexibility index (Phi) is 6.68. The molecule has 0 fully saturated rings. The molecule has 0 saturated carbocycles. The van der Waals surface area contributed by atoms with Crippen LogP contribution < -0.4 is 10.6 Å². The summed E-state index contributed by atoms with van der Waals surface area (Å²) in [7, 11) is 0. The molecular weight excluding hydrogens is 364 g/mol. The lowest BCUT2D eigenvalue weighted by Gasteiger charge is -2.25. The van der Waals surface area contributed by atoms with E-state index in [9.17, 15) is 5.11 Å². The fourth-order valence-corrected chi connectivity index (χ4v) is 3.24. The number of aromatic nitrogens is 3. The van der Waals surface area contributed by atoms with Crippen LogP contribution in [0.15, 0.2) is 29.3 Å². The van der Waals surface area contributed by atoms with Gasteiger partial charge in [-0.25, -0.2) is 9.67 Å². The van der Waals surface area contributed by atoms with Gasteiger partial charge in [-0.05, 0) is 31.0 Å². The predicted molar refractivity (Wildman–Crippen MR) is 107 cm³/mol. The fourth-order valence-electron chi connectivity index (χ4n) is 3.11. The van der Waals surface area contributed by atoms with Gasteiger partial charge in [-0.3, -0.25) is 4.99 Å². The maximum atomic E-state index is 10.4. The Hall–Kier alpha value is -2.12. The highest BCUT2D eigenvalue weighted by atomic mass is 35.5. The van der Waals surface area contributed by atoms with Crippen molar-refractivity contribution in [3.8, 4) is 0 Å². The van der Waals surface area contributed by atoms with E-state index in [4.69, 9.17) is 11.6 Å². The van der Waals surface area contributed by atoms with Crippen molar-refractivity contribution >= 4 is 17.6 Å². The van der Waals surface area contributed by atoms with Crippen molar-refractivity contribution in [3.05, 3.63) is 46.5 Å². The topological polar surface area (TPSA) is 87.4 Å². The Morgan fingerprint density at radius 2 is 2.15 bits per heavy atom. The second kappa shape index (κ2) is 9.19. The summed E-state index contributed by atoms with van der Waals surface area (Å²) >= 11 is 5.90. The molecule has 2 aromatic rings. The highest BCUT2D eigenvalue weighted by molar-refractivity contribution is 6.30. The van der Waals surface area contributed by atoms with Crippen molar-refractivity contribution in [2.24, 2.45) is 4.99 Å². The first-order valence-electron chi connectivity index (χ1n) is 9.50. The van der Waals surface area contributed by atoms with E-state index in [0.29, 0.717) is 11.0 Å². The van der Waals surface area contributed by atoms with Crippen molar-refractivity contribution < 1.29 is 5.11 Å². The molecule has 0 amide bonds. The van der Waals surface area contributed by atoms with Gasteiger partial charge in [0.25, 0.3) is 0 Å². The van der Waals surface area contributed by atoms with Crippen LogP contribution in [0.25, 0.3) is 0 Å². The van der Waals surface area contributed by atoms with Crippen LogP contribution in [-0.2, 0) is 19.4 Å².